The van der Waals surface area contributed by atoms with Crippen molar-refractivity contribution in [1.29, 1.82) is 0 Å². The molecule has 1 saturated heterocycles. The topological polar surface area (TPSA) is 147 Å². The lowest BCUT2D eigenvalue weighted by Crippen LogP contribution is -2.45. The third-order valence-corrected chi connectivity index (χ3v) is 9.42. The Morgan fingerprint density at radius 2 is 1.81 bits per heavy atom. The summed E-state index contributed by atoms with van der Waals surface area (Å²) in [5, 5.41) is 17.7. The highest BCUT2D eigenvalue weighted by Gasteiger charge is 2.37. The predicted molar refractivity (Wildman–Crippen MR) is 161 cm³/mol. The molecule has 13 heteroatoms. The van der Waals surface area contributed by atoms with E-state index in [0.29, 0.717) is 47.9 Å². The second-order valence-corrected chi connectivity index (χ2v) is 13.1. The summed E-state index contributed by atoms with van der Waals surface area (Å²) in [5.74, 6) is 8.05. The van der Waals surface area contributed by atoms with Gasteiger partial charge in [-0.3, -0.25) is 5.10 Å². The van der Waals surface area contributed by atoms with E-state index in [4.69, 9.17) is 0 Å². The lowest BCUT2D eigenvalue weighted by atomic mass is 10.0. The zero-order valence-corrected chi connectivity index (χ0v) is 24.7. The first-order valence-corrected chi connectivity index (χ1v) is 15.7. The largest absolute Gasteiger partial charge is 0.370 e. The first-order valence-electron chi connectivity index (χ1n) is 14.2. The Hall–Kier alpha value is -4.28. The highest BCUT2D eigenvalue weighted by Crippen LogP contribution is 2.31. The van der Waals surface area contributed by atoms with Crippen LogP contribution in [0.5, 0.6) is 0 Å². The molecule has 3 N–H and O–H groups in total. The Labute approximate surface area is 245 Å². The molecule has 0 atom stereocenters. The summed E-state index contributed by atoms with van der Waals surface area (Å²) in [6, 6.07) is 4.69. The molecule has 1 saturated carbocycles. The summed E-state index contributed by atoms with van der Waals surface area (Å²) in [7, 11) is -3.46. The maximum Gasteiger partial charge on any atom is 0.256 e. The molecule has 0 bridgehead atoms. The van der Waals surface area contributed by atoms with Crippen LogP contribution in [0.15, 0.2) is 43.1 Å². The van der Waals surface area contributed by atoms with Crippen LogP contribution in [-0.4, -0.2) is 73.2 Å². The average molecular weight is 587 g/mol. The second-order valence-electron chi connectivity index (χ2n) is 11.1. The van der Waals surface area contributed by atoms with Gasteiger partial charge in [0.15, 0.2) is 5.82 Å². The van der Waals surface area contributed by atoms with Crippen LogP contribution in [0.25, 0.3) is 11.4 Å². The number of H-pyrrole nitrogens is 1. The van der Waals surface area contributed by atoms with Crippen molar-refractivity contribution in [3.05, 3.63) is 59.9 Å². The molecule has 218 valence electrons. The Morgan fingerprint density at radius 1 is 1.02 bits per heavy atom. The monoisotopic (exact) mass is 586 g/mol. The fraction of sp³-hybridized carbons (Fsp3) is 0.414. The summed E-state index contributed by atoms with van der Waals surface area (Å²) in [6.07, 6.45) is 11.5. The van der Waals surface area contributed by atoms with Crippen LogP contribution in [0, 0.1) is 18.8 Å². The lowest BCUT2D eigenvalue weighted by molar-refractivity contribution is 0.387. The summed E-state index contributed by atoms with van der Waals surface area (Å²) < 4.78 is 26.1. The smallest absolute Gasteiger partial charge is 0.256 e. The van der Waals surface area contributed by atoms with Crippen molar-refractivity contribution in [2.24, 2.45) is 0 Å². The summed E-state index contributed by atoms with van der Waals surface area (Å²) in [4.78, 5) is 15.9. The molecule has 4 aromatic rings. The molecule has 4 aromatic heterocycles. The number of anilines is 3. The molecule has 2 aliphatic rings. The van der Waals surface area contributed by atoms with Crippen molar-refractivity contribution in [1.82, 2.24) is 39.7 Å². The van der Waals surface area contributed by atoms with Gasteiger partial charge in [0, 0.05) is 49.3 Å². The molecule has 0 unspecified atom stereocenters. The summed E-state index contributed by atoms with van der Waals surface area (Å²) >= 11 is 0. The molecule has 1 aliphatic heterocycles. The minimum Gasteiger partial charge on any atom is -0.370 e. The SMILES string of the molecule is Cc1[nH]ncc1C#Cc1cnc(Nc2ccnc(-c3cnn(S(=O)(=O)C4CC4)c3)n2)cc1N1CCC(NC(C)C)CC1. The van der Waals surface area contributed by atoms with Gasteiger partial charge in [0.25, 0.3) is 10.0 Å². The van der Waals surface area contributed by atoms with E-state index in [0.717, 1.165) is 52.5 Å². The second kappa shape index (κ2) is 11.5. The number of nitrogens with one attached hydrogen (secondary N) is 3. The van der Waals surface area contributed by atoms with Crippen LogP contribution in [0.3, 0.4) is 0 Å². The maximum atomic E-state index is 12.5. The third-order valence-electron chi connectivity index (χ3n) is 7.38. The van der Waals surface area contributed by atoms with Crippen molar-refractivity contribution in [2.45, 2.75) is 63.8 Å². The molecule has 0 amide bonds. The molecule has 0 radical (unpaired) electrons. The van der Waals surface area contributed by atoms with E-state index in [9.17, 15) is 8.42 Å². The van der Waals surface area contributed by atoms with E-state index in [1.165, 1.54) is 12.4 Å². The quantitative estimate of drug-likeness (QED) is 0.263. The van der Waals surface area contributed by atoms with E-state index in [2.05, 4.69) is 71.5 Å². The molecule has 12 nitrogen and oxygen atoms in total. The highest BCUT2D eigenvalue weighted by atomic mass is 32.2. The number of nitrogens with zero attached hydrogens (tertiary/aromatic N) is 7. The van der Waals surface area contributed by atoms with E-state index >= 15 is 0 Å². The number of piperidine rings is 1. The van der Waals surface area contributed by atoms with Gasteiger partial charge in [-0.2, -0.15) is 14.3 Å². The Balaban J connectivity index is 1.25. The van der Waals surface area contributed by atoms with Gasteiger partial charge >= 0.3 is 0 Å². The molecular formula is C29H34N10O2S. The van der Waals surface area contributed by atoms with Crippen LogP contribution in [0.2, 0.25) is 0 Å². The first kappa shape index (κ1) is 27.9. The Morgan fingerprint density at radius 3 is 2.52 bits per heavy atom. The van der Waals surface area contributed by atoms with Crippen LogP contribution in [0.4, 0.5) is 17.3 Å². The number of aryl methyl sites for hydroxylation is 1. The summed E-state index contributed by atoms with van der Waals surface area (Å²) in [6.45, 7) is 8.11. The molecule has 2 fully saturated rings. The van der Waals surface area contributed by atoms with Crippen LogP contribution in [0.1, 0.15) is 56.4 Å². The minimum absolute atomic E-state index is 0.354. The van der Waals surface area contributed by atoms with Gasteiger partial charge in [0.2, 0.25) is 0 Å². The van der Waals surface area contributed by atoms with Crippen molar-refractivity contribution in [2.75, 3.05) is 23.3 Å². The number of rotatable bonds is 8. The van der Waals surface area contributed by atoms with Gasteiger partial charge in [0.05, 0.1) is 46.2 Å². The highest BCUT2D eigenvalue weighted by molar-refractivity contribution is 7.90. The molecular weight excluding hydrogens is 552 g/mol. The fourth-order valence-electron chi connectivity index (χ4n) is 5.02. The zero-order valence-electron chi connectivity index (χ0n) is 23.9. The number of pyridine rings is 1. The van der Waals surface area contributed by atoms with Gasteiger partial charge < -0.3 is 15.5 Å². The van der Waals surface area contributed by atoms with E-state index in [1.807, 2.05) is 13.0 Å². The molecule has 0 aromatic carbocycles. The van der Waals surface area contributed by atoms with Crippen LogP contribution < -0.4 is 15.5 Å². The van der Waals surface area contributed by atoms with Crippen molar-refractivity contribution < 1.29 is 8.42 Å². The maximum absolute atomic E-state index is 12.5. The fourth-order valence-corrected chi connectivity index (χ4v) is 6.49. The normalized spacial score (nSPS) is 16.0. The Bertz CT molecular complexity index is 1740. The van der Waals surface area contributed by atoms with Crippen LogP contribution in [-0.2, 0) is 10.0 Å². The van der Waals surface area contributed by atoms with Gasteiger partial charge in [0.1, 0.15) is 11.6 Å². The molecule has 5 heterocycles. The van der Waals surface area contributed by atoms with Gasteiger partial charge in [-0.05, 0) is 38.7 Å². The van der Waals surface area contributed by atoms with E-state index in [-0.39, 0.29) is 5.25 Å². The molecule has 42 heavy (non-hydrogen) atoms. The van der Waals surface area contributed by atoms with Crippen molar-refractivity contribution in [3.63, 3.8) is 0 Å². The number of hydrogen-bond donors (Lipinski definition) is 3. The van der Waals surface area contributed by atoms with Gasteiger partial charge in [-0.15, -0.1) is 0 Å². The molecule has 1 aliphatic carbocycles. The molecule has 6 rings (SSSR count). The Kier molecular flexibility index (Phi) is 7.66. The zero-order chi connectivity index (χ0) is 29.3. The van der Waals surface area contributed by atoms with Crippen molar-refractivity contribution >= 4 is 27.3 Å². The number of aromatic amines is 1. The van der Waals surface area contributed by atoms with Gasteiger partial charge in [-0.25, -0.2) is 23.4 Å². The van der Waals surface area contributed by atoms with E-state index < -0.39 is 10.0 Å². The van der Waals surface area contributed by atoms with Crippen LogP contribution >= 0.6 is 0 Å². The standard InChI is InChI=1S/C29H34N10O2S/c1-19(2)34-24-9-12-38(13-10-24)26-14-28(31-15-22(26)5-4-21-16-32-37-20(21)3)35-27-8-11-30-29(36-27)23-17-33-39(18-23)42(40,41)25-6-7-25/h8,11,14-19,24-25,34H,6-7,9-10,12-13H2,1-3H3,(H,32,37)(H,30,31,35,36). The first-order chi connectivity index (χ1) is 20.3. The lowest BCUT2D eigenvalue weighted by Gasteiger charge is -2.35. The molecule has 0 spiro atoms. The van der Waals surface area contributed by atoms with E-state index in [1.54, 1.807) is 24.7 Å². The third kappa shape index (κ3) is 6.14. The van der Waals surface area contributed by atoms with Crippen molar-refractivity contribution in [3.8, 4) is 23.2 Å². The minimum atomic E-state index is -3.46. The van der Waals surface area contributed by atoms with Gasteiger partial charge in [-0.1, -0.05) is 25.7 Å². The summed E-state index contributed by atoms with van der Waals surface area (Å²) in [5.41, 5.74) is 4.14. The predicted octanol–water partition coefficient (Wildman–Crippen LogP) is 3.22. The number of hydrogen-bond acceptors (Lipinski definition) is 10. The average Bonchev–Trinajstić information content (AvgIpc) is 3.58. The number of aromatic nitrogens is 7.